The van der Waals surface area contributed by atoms with Crippen LogP contribution in [0.5, 0.6) is 0 Å². The van der Waals surface area contributed by atoms with Gasteiger partial charge in [0.1, 0.15) is 9.84 Å². The normalized spacial score (nSPS) is 15.3. The SMILES string of the molecule is CS(=O)(=O)CCC(=O)N1CCN(C(=O)CCc2ccc(Cl)cc2)CC1. The highest BCUT2D eigenvalue weighted by Crippen LogP contribution is 2.12. The number of nitrogens with zero attached hydrogens (tertiary/aromatic N) is 2. The van der Waals surface area contributed by atoms with Crippen molar-refractivity contribution in [3.05, 3.63) is 34.9 Å². The van der Waals surface area contributed by atoms with E-state index < -0.39 is 9.84 Å². The van der Waals surface area contributed by atoms with E-state index in [4.69, 9.17) is 11.6 Å². The van der Waals surface area contributed by atoms with Crippen molar-refractivity contribution in [3.8, 4) is 0 Å². The van der Waals surface area contributed by atoms with Crippen LogP contribution >= 0.6 is 11.6 Å². The molecule has 1 aliphatic heterocycles. The average Bonchev–Trinajstić information content (AvgIpc) is 2.58. The Kier molecular flexibility index (Phi) is 6.84. The van der Waals surface area contributed by atoms with E-state index in [2.05, 4.69) is 0 Å². The highest BCUT2D eigenvalue weighted by molar-refractivity contribution is 7.90. The van der Waals surface area contributed by atoms with Gasteiger partial charge in [-0.05, 0) is 24.1 Å². The molecule has 2 rings (SSSR count). The summed E-state index contributed by atoms with van der Waals surface area (Å²) in [5, 5.41) is 0.673. The number of carbonyl (C=O) groups is 2. The van der Waals surface area contributed by atoms with Crippen LogP contribution in [0.3, 0.4) is 0 Å². The Hall–Kier alpha value is -1.60. The van der Waals surface area contributed by atoms with Crippen LogP contribution in [0.15, 0.2) is 24.3 Å². The van der Waals surface area contributed by atoms with Crippen molar-refractivity contribution < 1.29 is 18.0 Å². The summed E-state index contributed by atoms with van der Waals surface area (Å²) in [6.45, 7) is 1.89. The molecule has 0 spiro atoms. The first-order valence-corrected chi connectivity index (χ1v) is 10.7. The Balaban J connectivity index is 1.74. The zero-order valence-electron chi connectivity index (χ0n) is 14.3. The molecule has 1 heterocycles. The van der Waals surface area contributed by atoms with Gasteiger partial charge in [0.2, 0.25) is 11.8 Å². The van der Waals surface area contributed by atoms with Gasteiger partial charge in [-0.25, -0.2) is 8.42 Å². The molecule has 0 radical (unpaired) electrons. The number of halogens is 1. The van der Waals surface area contributed by atoms with E-state index in [0.29, 0.717) is 44.0 Å². The van der Waals surface area contributed by atoms with Crippen LogP contribution in [0.2, 0.25) is 5.02 Å². The smallest absolute Gasteiger partial charge is 0.223 e. The van der Waals surface area contributed by atoms with Gasteiger partial charge in [-0.15, -0.1) is 0 Å². The van der Waals surface area contributed by atoms with Gasteiger partial charge >= 0.3 is 0 Å². The number of aryl methyl sites for hydroxylation is 1. The van der Waals surface area contributed by atoms with Gasteiger partial charge in [0.05, 0.1) is 5.75 Å². The lowest BCUT2D eigenvalue weighted by Gasteiger charge is -2.35. The lowest BCUT2D eigenvalue weighted by Crippen LogP contribution is -2.50. The first-order chi connectivity index (χ1) is 11.7. The molecule has 0 bridgehead atoms. The Labute approximate surface area is 153 Å². The molecule has 1 aromatic carbocycles. The predicted octanol–water partition coefficient (Wildman–Crippen LogP) is 1.38. The van der Waals surface area contributed by atoms with Crippen LogP contribution in [-0.2, 0) is 25.8 Å². The maximum atomic E-state index is 12.3. The number of piperazine rings is 1. The number of carbonyl (C=O) groups excluding carboxylic acids is 2. The lowest BCUT2D eigenvalue weighted by molar-refractivity contribution is -0.139. The van der Waals surface area contributed by atoms with Crippen molar-refractivity contribution in [2.24, 2.45) is 0 Å². The third-order valence-electron chi connectivity index (χ3n) is 4.21. The van der Waals surface area contributed by atoms with E-state index in [0.717, 1.165) is 11.8 Å². The van der Waals surface area contributed by atoms with Crippen LogP contribution in [0.25, 0.3) is 0 Å². The lowest BCUT2D eigenvalue weighted by atomic mass is 10.1. The summed E-state index contributed by atoms with van der Waals surface area (Å²) in [7, 11) is -3.14. The molecule has 1 aliphatic rings. The summed E-state index contributed by atoms with van der Waals surface area (Å²) in [6.07, 6.45) is 2.20. The first kappa shape index (κ1) is 19.7. The standard InChI is InChI=1S/C17H23ClN2O4S/c1-25(23,24)13-8-17(22)20-11-9-19(10-12-20)16(21)7-4-14-2-5-15(18)6-3-14/h2-3,5-6H,4,7-13H2,1H3. The fourth-order valence-corrected chi connectivity index (χ4v) is 3.37. The second-order valence-corrected chi connectivity index (χ2v) is 8.96. The molecule has 6 nitrogen and oxygen atoms in total. The second kappa shape index (κ2) is 8.67. The van der Waals surface area contributed by atoms with Gasteiger partial charge in [-0.1, -0.05) is 23.7 Å². The molecule has 0 N–H and O–H groups in total. The van der Waals surface area contributed by atoms with Crippen LogP contribution < -0.4 is 0 Å². The van der Waals surface area contributed by atoms with Gasteiger partial charge in [0, 0.05) is 50.3 Å². The van der Waals surface area contributed by atoms with Crippen molar-refractivity contribution in [2.75, 3.05) is 38.2 Å². The summed E-state index contributed by atoms with van der Waals surface area (Å²) >= 11 is 5.84. The zero-order chi connectivity index (χ0) is 18.4. The summed E-state index contributed by atoms with van der Waals surface area (Å²) in [5.41, 5.74) is 1.06. The molecule has 1 saturated heterocycles. The van der Waals surface area contributed by atoms with E-state index in [-0.39, 0.29) is 24.0 Å². The molecule has 8 heteroatoms. The first-order valence-electron chi connectivity index (χ1n) is 8.22. The van der Waals surface area contributed by atoms with Gasteiger partial charge in [-0.3, -0.25) is 9.59 Å². The van der Waals surface area contributed by atoms with Crippen molar-refractivity contribution >= 4 is 33.3 Å². The van der Waals surface area contributed by atoms with E-state index >= 15 is 0 Å². The van der Waals surface area contributed by atoms with Crippen LogP contribution in [-0.4, -0.2) is 68.2 Å². The number of sulfone groups is 1. The molecule has 1 aromatic rings. The summed E-state index contributed by atoms with van der Waals surface area (Å²) in [6, 6.07) is 7.44. The third kappa shape index (κ3) is 6.66. The monoisotopic (exact) mass is 386 g/mol. The van der Waals surface area contributed by atoms with Crippen molar-refractivity contribution in [3.63, 3.8) is 0 Å². The minimum Gasteiger partial charge on any atom is -0.339 e. The van der Waals surface area contributed by atoms with Crippen molar-refractivity contribution in [2.45, 2.75) is 19.3 Å². The molecular formula is C17H23ClN2O4S. The third-order valence-corrected chi connectivity index (χ3v) is 5.41. The average molecular weight is 387 g/mol. The van der Waals surface area contributed by atoms with E-state index in [9.17, 15) is 18.0 Å². The van der Waals surface area contributed by atoms with Gasteiger partial charge in [0.15, 0.2) is 0 Å². The fourth-order valence-electron chi connectivity index (χ4n) is 2.70. The van der Waals surface area contributed by atoms with Crippen LogP contribution in [0, 0.1) is 0 Å². The minimum absolute atomic E-state index is 0.00332. The van der Waals surface area contributed by atoms with E-state index in [1.54, 1.807) is 9.80 Å². The molecule has 0 aromatic heterocycles. The molecule has 0 atom stereocenters. The maximum absolute atomic E-state index is 12.3. The predicted molar refractivity (Wildman–Crippen MR) is 97.3 cm³/mol. The molecular weight excluding hydrogens is 364 g/mol. The van der Waals surface area contributed by atoms with Gasteiger partial charge in [0.25, 0.3) is 0 Å². The molecule has 0 saturated carbocycles. The van der Waals surface area contributed by atoms with Gasteiger partial charge in [-0.2, -0.15) is 0 Å². The number of hydrogen-bond acceptors (Lipinski definition) is 4. The minimum atomic E-state index is -3.14. The molecule has 0 unspecified atom stereocenters. The number of hydrogen-bond donors (Lipinski definition) is 0. The van der Waals surface area contributed by atoms with E-state index in [1.807, 2.05) is 24.3 Å². The fraction of sp³-hybridized carbons (Fsp3) is 0.529. The number of rotatable bonds is 6. The Morgan fingerprint density at radius 3 is 1.92 bits per heavy atom. The highest BCUT2D eigenvalue weighted by atomic mass is 35.5. The highest BCUT2D eigenvalue weighted by Gasteiger charge is 2.24. The van der Waals surface area contributed by atoms with Crippen molar-refractivity contribution in [1.82, 2.24) is 9.80 Å². The molecule has 25 heavy (non-hydrogen) atoms. The molecule has 0 aliphatic carbocycles. The molecule has 138 valence electrons. The molecule has 2 amide bonds. The van der Waals surface area contributed by atoms with Crippen molar-refractivity contribution in [1.29, 1.82) is 0 Å². The molecule has 1 fully saturated rings. The second-order valence-electron chi connectivity index (χ2n) is 6.27. The maximum Gasteiger partial charge on any atom is 0.223 e. The van der Waals surface area contributed by atoms with E-state index in [1.165, 1.54) is 0 Å². The largest absolute Gasteiger partial charge is 0.339 e. The Morgan fingerprint density at radius 1 is 0.960 bits per heavy atom. The summed E-state index contributed by atoms with van der Waals surface area (Å²) in [4.78, 5) is 27.7. The quantitative estimate of drug-likeness (QED) is 0.740. The topological polar surface area (TPSA) is 74.8 Å². The zero-order valence-corrected chi connectivity index (χ0v) is 15.9. The Morgan fingerprint density at radius 2 is 1.44 bits per heavy atom. The Bertz CT molecular complexity index is 711. The summed E-state index contributed by atoms with van der Waals surface area (Å²) in [5.74, 6) is -0.233. The van der Waals surface area contributed by atoms with Crippen LogP contribution in [0.1, 0.15) is 18.4 Å². The van der Waals surface area contributed by atoms with Crippen LogP contribution in [0.4, 0.5) is 0 Å². The number of benzene rings is 1. The summed E-state index contributed by atoms with van der Waals surface area (Å²) < 4.78 is 22.3. The van der Waals surface area contributed by atoms with Gasteiger partial charge < -0.3 is 9.80 Å². The number of amides is 2.